The average Bonchev–Trinajstić information content (AvgIpc) is 3.15. The number of likely N-dealkylation sites (N-methyl/N-ethyl adjacent to an activating group) is 1. The molecule has 1 aliphatic carbocycles. The summed E-state index contributed by atoms with van der Waals surface area (Å²) in [5.74, 6) is 0.510. The number of methoxy groups -OCH3 is 2. The molecule has 310 valence electrons. The first-order valence-corrected chi connectivity index (χ1v) is 20.1. The number of halogens is 2. The predicted molar refractivity (Wildman–Crippen MR) is 221 cm³/mol. The number of anilines is 2. The van der Waals surface area contributed by atoms with Gasteiger partial charge in [-0.1, -0.05) is 23.7 Å². The van der Waals surface area contributed by atoms with Crippen molar-refractivity contribution in [2.45, 2.75) is 90.5 Å². The van der Waals surface area contributed by atoms with E-state index in [0.29, 0.717) is 53.4 Å². The Morgan fingerprint density at radius 2 is 1.63 bits per heavy atom. The molecule has 0 saturated heterocycles. The van der Waals surface area contributed by atoms with Gasteiger partial charge < -0.3 is 33.6 Å². The third-order valence-electron chi connectivity index (χ3n) is 10.6. The second-order valence-electron chi connectivity index (χ2n) is 16.4. The van der Waals surface area contributed by atoms with Crippen LogP contribution in [0.2, 0.25) is 5.02 Å². The summed E-state index contributed by atoms with van der Waals surface area (Å²) in [5.41, 5.74) is 2.81. The van der Waals surface area contributed by atoms with Crippen LogP contribution >= 0.6 is 11.6 Å². The summed E-state index contributed by atoms with van der Waals surface area (Å²) in [6.07, 6.45) is 3.10. The SMILES string of the molecule is COC(=O)CN(CCN(C)C(=O)OC(C)(C)C)[C@H]1CC[C@H](CN(C)c2ccc(N3C(=O)Cc4cc(OC)c(OC(C)C)cc4[C@@H]3c3ccc(Cl)cc3)cc2F)CC1. The van der Waals surface area contributed by atoms with E-state index in [1.54, 1.807) is 37.3 Å². The van der Waals surface area contributed by atoms with E-state index in [0.717, 1.165) is 42.4 Å². The number of nitrogens with zero attached hydrogens (tertiary/aromatic N) is 4. The van der Waals surface area contributed by atoms with Crippen molar-refractivity contribution in [3.63, 3.8) is 0 Å². The van der Waals surface area contributed by atoms with Crippen LogP contribution < -0.4 is 19.3 Å². The molecule has 0 N–H and O–H groups in total. The summed E-state index contributed by atoms with van der Waals surface area (Å²) in [6.45, 7) is 11.1. The van der Waals surface area contributed by atoms with E-state index in [2.05, 4.69) is 4.90 Å². The zero-order chi connectivity index (χ0) is 41.6. The van der Waals surface area contributed by atoms with Gasteiger partial charge in [-0.05, 0) is 125 Å². The minimum atomic E-state index is -0.600. The highest BCUT2D eigenvalue weighted by atomic mass is 35.5. The zero-order valence-corrected chi connectivity index (χ0v) is 35.5. The van der Waals surface area contributed by atoms with Gasteiger partial charge in [0.2, 0.25) is 5.91 Å². The van der Waals surface area contributed by atoms with Gasteiger partial charge in [0.15, 0.2) is 11.5 Å². The average molecular weight is 809 g/mol. The maximum absolute atomic E-state index is 16.2. The molecule has 1 atom stereocenters. The monoisotopic (exact) mass is 808 g/mol. The lowest BCUT2D eigenvalue weighted by atomic mass is 9.85. The molecule has 0 unspecified atom stereocenters. The summed E-state index contributed by atoms with van der Waals surface area (Å²) >= 11 is 6.28. The minimum Gasteiger partial charge on any atom is -0.493 e. The first kappa shape index (κ1) is 43.6. The number of hydrogen-bond acceptors (Lipinski definition) is 9. The van der Waals surface area contributed by atoms with Gasteiger partial charge in [-0.3, -0.25) is 14.5 Å². The number of hydrogen-bond donors (Lipinski definition) is 0. The number of carbonyl (C=O) groups is 3. The maximum Gasteiger partial charge on any atom is 0.410 e. The fraction of sp³-hybridized carbons (Fsp3) is 0.523. The van der Waals surface area contributed by atoms with Crippen molar-refractivity contribution < 1.29 is 37.7 Å². The van der Waals surface area contributed by atoms with Crippen molar-refractivity contribution in [3.05, 3.63) is 82.1 Å². The topological polar surface area (TPSA) is 101 Å². The third kappa shape index (κ3) is 11.1. The van der Waals surface area contributed by atoms with Gasteiger partial charge >= 0.3 is 12.1 Å². The van der Waals surface area contributed by atoms with Gasteiger partial charge in [0, 0.05) is 50.5 Å². The first-order valence-electron chi connectivity index (χ1n) is 19.7. The normalized spacial score (nSPS) is 18.3. The van der Waals surface area contributed by atoms with E-state index < -0.39 is 23.6 Å². The molecule has 1 saturated carbocycles. The highest BCUT2D eigenvalue weighted by Crippen LogP contribution is 2.44. The molecule has 1 fully saturated rings. The van der Waals surface area contributed by atoms with Gasteiger partial charge in [-0.15, -0.1) is 0 Å². The number of amides is 2. The smallest absolute Gasteiger partial charge is 0.410 e. The first-order chi connectivity index (χ1) is 27.0. The molecule has 0 bridgehead atoms. The molecule has 11 nitrogen and oxygen atoms in total. The van der Waals surface area contributed by atoms with Gasteiger partial charge in [0.1, 0.15) is 11.4 Å². The molecule has 3 aromatic rings. The van der Waals surface area contributed by atoms with Crippen molar-refractivity contribution in [1.29, 1.82) is 0 Å². The summed E-state index contributed by atoms with van der Waals surface area (Å²) in [4.78, 5) is 46.1. The number of esters is 1. The van der Waals surface area contributed by atoms with Crippen molar-refractivity contribution >= 4 is 40.9 Å². The minimum absolute atomic E-state index is 0.105. The van der Waals surface area contributed by atoms with E-state index in [9.17, 15) is 14.4 Å². The Morgan fingerprint density at radius 1 is 0.947 bits per heavy atom. The summed E-state index contributed by atoms with van der Waals surface area (Å²) in [7, 11) is 6.54. The van der Waals surface area contributed by atoms with Crippen LogP contribution in [0.5, 0.6) is 11.5 Å². The number of rotatable bonds is 14. The van der Waals surface area contributed by atoms with E-state index in [1.165, 1.54) is 18.1 Å². The number of ether oxygens (including phenoxy) is 4. The standard InChI is InChI=1S/C44H58ClFN4O7/c1-28(2)56-39-25-35-31(22-38(39)54-8)23-40(51)50(42(35)30-12-14-32(45)15-13-30)34-18-19-37(36(46)24-34)48(7)26-29-10-16-33(17-11-29)49(27-41(52)55-9)21-20-47(6)43(53)57-44(3,4)5/h12-15,18-19,22,24-25,28-29,33,42H,10-11,16-17,20-21,23,26-27H2,1-9H3/t29-,33-,42-/m0/s1. The van der Waals surface area contributed by atoms with Gasteiger partial charge in [0.05, 0.1) is 45.0 Å². The molecule has 0 aromatic heterocycles. The molecule has 1 aliphatic heterocycles. The maximum atomic E-state index is 16.2. The fourth-order valence-electron chi connectivity index (χ4n) is 7.79. The largest absolute Gasteiger partial charge is 0.493 e. The Morgan fingerprint density at radius 3 is 2.23 bits per heavy atom. The lowest BCUT2D eigenvalue weighted by Gasteiger charge is -2.39. The Labute approximate surface area is 341 Å². The van der Waals surface area contributed by atoms with E-state index >= 15 is 4.39 Å². The lowest BCUT2D eigenvalue weighted by Crippen LogP contribution is -2.46. The van der Waals surface area contributed by atoms with Crippen LogP contribution in [-0.2, 0) is 25.5 Å². The summed E-state index contributed by atoms with van der Waals surface area (Å²) in [6, 6.07) is 15.7. The van der Waals surface area contributed by atoms with E-state index in [4.69, 9.17) is 30.5 Å². The predicted octanol–water partition coefficient (Wildman–Crippen LogP) is 8.29. The van der Waals surface area contributed by atoms with Crippen molar-refractivity contribution in [1.82, 2.24) is 9.80 Å². The molecule has 1 heterocycles. The van der Waals surface area contributed by atoms with Gasteiger partial charge in [0.25, 0.3) is 0 Å². The Kier molecular flexibility index (Phi) is 14.4. The fourth-order valence-corrected chi connectivity index (χ4v) is 7.92. The molecular formula is C44H58ClFN4O7. The van der Waals surface area contributed by atoms with E-state index in [-0.39, 0.29) is 37.0 Å². The van der Waals surface area contributed by atoms with Crippen LogP contribution in [0.1, 0.15) is 83.0 Å². The van der Waals surface area contributed by atoms with Gasteiger partial charge in [-0.2, -0.15) is 0 Å². The van der Waals surface area contributed by atoms with Gasteiger partial charge in [-0.25, -0.2) is 9.18 Å². The molecule has 5 rings (SSSR count). The van der Waals surface area contributed by atoms with Crippen LogP contribution in [0, 0.1) is 11.7 Å². The molecule has 2 amide bonds. The Balaban J connectivity index is 1.30. The van der Waals surface area contributed by atoms with Crippen LogP contribution in [0.15, 0.2) is 54.6 Å². The number of carbonyl (C=O) groups excluding carboxylic acids is 3. The van der Waals surface area contributed by atoms with Crippen LogP contribution in [0.4, 0.5) is 20.6 Å². The number of fused-ring (bicyclic) bond motifs is 1. The Bertz CT molecular complexity index is 1880. The van der Waals surface area contributed by atoms with Crippen molar-refractivity contribution in [3.8, 4) is 11.5 Å². The lowest BCUT2D eigenvalue weighted by molar-refractivity contribution is -0.142. The van der Waals surface area contributed by atoms with Crippen molar-refractivity contribution in [2.75, 3.05) is 64.3 Å². The zero-order valence-electron chi connectivity index (χ0n) is 34.8. The molecule has 57 heavy (non-hydrogen) atoms. The summed E-state index contributed by atoms with van der Waals surface area (Å²) in [5, 5.41) is 0.569. The van der Waals surface area contributed by atoms with Crippen LogP contribution in [-0.4, -0.2) is 100 Å². The third-order valence-corrected chi connectivity index (χ3v) is 10.9. The summed E-state index contributed by atoms with van der Waals surface area (Å²) < 4.78 is 38.5. The molecule has 0 radical (unpaired) electrons. The second-order valence-corrected chi connectivity index (χ2v) is 16.8. The highest BCUT2D eigenvalue weighted by Gasteiger charge is 2.37. The second kappa shape index (κ2) is 18.8. The van der Waals surface area contributed by atoms with Crippen molar-refractivity contribution in [2.24, 2.45) is 5.92 Å². The quantitative estimate of drug-likeness (QED) is 0.149. The van der Waals surface area contributed by atoms with Crippen LogP contribution in [0.3, 0.4) is 0 Å². The highest BCUT2D eigenvalue weighted by molar-refractivity contribution is 6.30. The number of benzene rings is 3. The Hall–Kier alpha value is -4.55. The van der Waals surface area contributed by atoms with E-state index in [1.807, 2.05) is 76.9 Å². The molecule has 3 aromatic carbocycles. The molecular weight excluding hydrogens is 751 g/mol. The molecule has 2 aliphatic rings. The molecule has 0 spiro atoms. The van der Waals surface area contributed by atoms with Crippen LogP contribution in [0.25, 0.3) is 0 Å². The molecule has 13 heteroatoms.